The first-order valence-electron chi connectivity index (χ1n) is 7.98. The Bertz CT molecular complexity index is 578. The SMILES string of the molecule is C=C/C=C\c1c(C(=O)Cl)cc(/C=C\C)c(C=C)c1C.CC.CC. The van der Waals surface area contributed by atoms with Crippen LogP contribution in [0.3, 0.4) is 0 Å². The summed E-state index contributed by atoms with van der Waals surface area (Å²) >= 11 is 5.68. The predicted octanol–water partition coefficient (Wildman–Crippen LogP) is 7.30. The second-order valence-corrected chi connectivity index (χ2v) is 4.38. The molecular formula is C21H29ClO. The summed E-state index contributed by atoms with van der Waals surface area (Å²) < 4.78 is 0. The first-order valence-corrected chi connectivity index (χ1v) is 8.36. The maximum absolute atomic E-state index is 11.6. The van der Waals surface area contributed by atoms with Gasteiger partial charge in [-0.05, 0) is 53.8 Å². The van der Waals surface area contributed by atoms with Crippen LogP contribution in [0.5, 0.6) is 0 Å². The lowest BCUT2D eigenvalue weighted by Crippen LogP contribution is -2.01. The Morgan fingerprint density at radius 2 is 1.65 bits per heavy atom. The summed E-state index contributed by atoms with van der Waals surface area (Å²) in [5, 5.41) is -0.465. The number of carbonyl (C=O) groups excluding carboxylic acids is 1. The van der Waals surface area contributed by atoms with Crippen molar-refractivity contribution in [2.24, 2.45) is 0 Å². The van der Waals surface area contributed by atoms with Gasteiger partial charge in [0.05, 0.1) is 0 Å². The molecule has 1 nitrogen and oxygen atoms in total. The fraction of sp³-hybridized carbons (Fsp3) is 0.286. The molecule has 0 N–H and O–H groups in total. The van der Waals surface area contributed by atoms with Crippen LogP contribution in [0.4, 0.5) is 0 Å². The molecule has 126 valence electrons. The van der Waals surface area contributed by atoms with Gasteiger partial charge in [-0.25, -0.2) is 0 Å². The number of halogens is 1. The smallest absolute Gasteiger partial charge is 0.253 e. The van der Waals surface area contributed by atoms with E-state index in [2.05, 4.69) is 13.2 Å². The van der Waals surface area contributed by atoms with E-state index in [9.17, 15) is 4.79 Å². The summed E-state index contributed by atoms with van der Waals surface area (Å²) in [5.41, 5.74) is 4.23. The number of hydrogen-bond donors (Lipinski definition) is 0. The zero-order valence-corrected chi connectivity index (χ0v) is 16.0. The summed E-state index contributed by atoms with van der Waals surface area (Å²) in [7, 11) is 0. The second kappa shape index (κ2) is 13.8. The maximum atomic E-state index is 11.6. The highest BCUT2D eigenvalue weighted by atomic mass is 35.5. The summed E-state index contributed by atoms with van der Waals surface area (Å²) in [5.74, 6) is 0. The van der Waals surface area contributed by atoms with Crippen molar-refractivity contribution in [3.8, 4) is 0 Å². The van der Waals surface area contributed by atoms with E-state index in [0.717, 1.165) is 22.3 Å². The molecule has 0 atom stereocenters. The van der Waals surface area contributed by atoms with E-state index >= 15 is 0 Å². The molecule has 0 saturated carbocycles. The van der Waals surface area contributed by atoms with Gasteiger partial charge in [-0.15, -0.1) is 0 Å². The van der Waals surface area contributed by atoms with Crippen molar-refractivity contribution in [2.75, 3.05) is 0 Å². The minimum atomic E-state index is -0.465. The highest BCUT2D eigenvalue weighted by Crippen LogP contribution is 2.27. The third-order valence-corrected chi connectivity index (χ3v) is 3.07. The first-order chi connectivity index (χ1) is 11.1. The number of allylic oxidation sites excluding steroid dienone is 3. The van der Waals surface area contributed by atoms with E-state index in [1.807, 2.05) is 59.8 Å². The van der Waals surface area contributed by atoms with Crippen molar-refractivity contribution in [3.63, 3.8) is 0 Å². The Balaban J connectivity index is 0. The molecule has 1 aromatic rings. The van der Waals surface area contributed by atoms with Crippen LogP contribution >= 0.6 is 11.6 Å². The average Bonchev–Trinajstić information content (AvgIpc) is 2.57. The van der Waals surface area contributed by atoms with Gasteiger partial charge in [0, 0.05) is 5.56 Å². The second-order valence-electron chi connectivity index (χ2n) is 4.04. The van der Waals surface area contributed by atoms with Gasteiger partial charge in [0.25, 0.3) is 5.24 Å². The van der Waals surface area contributed by atoms with Crippen LogP contribution in [0, 0.1) is 6.92 Å². The molecule has 0 aliphatic rings. The van der Waals surface area contributed by atoms with E-state index in [4.69, 9.17) is 11.6 Å². The molecular weight excluding hydrogens is 304 g/mol. The molecule has 0 unspecified atom stereocenters. The molecule has 0 bridgehead atoms. The lowest BCUT2D eigenvalue weighted by atomic mass is 9.92. The largest absolute Gasteiger partial charge is 0.276 e. The van der Waals surface area contributed by atoms with Gasteiger partial charge in [-0.2, -0.15) is 0 Å². The van der Waals surface area contributed by atoms with E-state index in [0.29, 0.717) is 5.56 Å². The minimum Gasteiger partial charge on any atom is -0.276 e. The monoisotopic (exact) mass is 332 g/mol. The molecule has 0 saturated heterocycles. The van der Waals surface area contributed by atoms with E-state index in [1.165, 1.54) is 0 Å². The third-order valence-electron chi connectivity index (χ3n) is 2.87. The Kier molecular flexibility index (Phi) is 14.0. The molecule has 0 aromatic heterocycles. The minimum absolute atomic E-state index is 0.465. The van der Waals surface area contributed by atoms with Crippen LogP contribution in [-0.4, -0.2) is 5.24 Å². The molecule has 0 amide bonds. The molecule has 23 heavy (non-hydrogen) atoms. The van der Waals surface area contributed by atoms with Gasteiger partial charge in [0.15, 0.2) is 0 Å². The van der Waals surface area contributed by atoms with Gasteiger partial charge in [-0.3, -0.25) is 4.79 Å². The van der Waals surface area contributed by atoms with E-state index in [1.54, 1.807) is 24.3 Å². The molecule has 0 heterocycles. The van der Waals surface area contributed by atoms with Crippen LogP contribution in [0.15, 0.2) is 37.5 Å². The number of benzene rings is 1. The van der Waals surface area contributed by atoms with E-state index in [-0.39, 0.29) is 0 Å². The van der Waals surface area contributed by atoms with Gasteiger partial charge >= 0.3 is 0 Å². The van der Waals surface area contributed by atoms with Crippen molar-refractivity contribution in [3.05, 3.63) is 65.3 Å². The molecule has 0 spiro atoms. The molecule has 0 fully saturated rings. The number of hydrogen-bond acceptors (Lipinski definition) is 1. The average molecular weight is 333 g/mol. The zero-order valence-electron chi connectivity index (χ0n) is 15.2. The van der Waals surface area contributed by atoms with Crippen LogP contribution in [0.1, 0.15) is 67.2 Å². The number of rotatable bonds is 5. The molecule has 2 heteroatoms. The van der Waals surface area contributed by atoms with Crippen molar-refractivity contribution in [1.82, 2.24) is 0 Å². The highest BCUT2D eigenvalue weighted by molar-refractivity contribution is 6.68. The topological polar surface area (TPSA) is 17.1 Å². The van der Waals surface area contributed by atoms with Crippen LogP contribution in [0.25, 0.3) is 18.2 Å². The van der Waals surface area contributed by atoms with Crippen LogP contribution in [0.2, 0.25) is 0 Å². The third kappa shape index (κ3) is 6.83. The summed E-state index contributed by atoms with van der Waals surface area (Å²) in [6.45, 7) is 19.3. The molecule has 0 radical (unpaired) electrons. The highest BCUT2D eigenvalue weighted by Gasteiger charge is 2.14. The van der Waals surface area contributed by atoms with E-state index < -0.39 is 5.24 Å². The van der Waals surface area contributed by atoms with Crippen molar-refractivity contribution in [2.45, 2.75) is 41.5 Å². The quantitative estimate of drug-likeness (QED) is 0.408. The Morgan fingerprint density at radius 1 is 1.09 bits per heavy atom. The lowest BCUT2D eigenvalue weighted by molar-refractivity contribution is 0.108. The molecule has 1 rings (SSSR count). The fourth-order valence-corrected chi connectivity index (χ4v) is 2.16. The molecule has 0 aliphatic heterocycles. The van der Waals surface area contributed by atoms with Crippen LogP contribution in [-0.2, 0) is 0 Å². The van der Waals surface area contributed by atoms with Crippen molar-refractivity contribution < 1.29 is 4.79 Å². The zero-order chi connectivity index (χ0) is 18.4. The van der Waals surface area contributed by atoms with Gasteiger partial charge in [0.1, 0.15) is 0 Å². The van der Waals surface area contributed by atoms with Gasteiger partial charge in [-0.1, -0.05) is 77.3 Å². The fourth-order valence-electron chi connectivity index (χ4n) is 2.00. The summed E-state index contributed by atoms with van der Waals surface area (Å²) in [4.78, 5) is 11.6. The van der Waals surface area contributed by atoms with Crippen LogP contribution < -0.4 is 0 Å². The summed E-state index contributed by atoms with van der Waals surface area (Å²) in [6, 6.07) is 1.79. The Labute approximate surface area is 147 Å². The standard InChI is InChI=1S/C17H17ClO.2C2H6/c1-5-8-10-15-12(4)14(7-3)13(9-6-2)11-16(15)17(18)19;2*1-2/h5-11H,1,3H2,2,4H3;2*1-2H3/b9-6-,10-8-;;. The van der Waals surface area contributed by atoms with Crippen molar-refractivity contribution in [1.29, 1.82) is 0 Å². The normalized spacial score (nSPS) is 9.70. The maximum Gasteiger partial charge on any atom is 0.253 e. The Morgan fingerprint density at radius 3 is 2.04 bits per heavy atom. The lowest BCUT2D eigenvalue weighted by Gasteiger charge is -2.13. The molecule has 1 aromatic carbocycles. The number of carbonyl (C=O) groups is 1. The Hall–Kier alpha value is -1.86. The predicted molar refractivity (Wildman–Crippen MR) is 108 cm³/mol. The van der Waals surface area contributed by atoms with Gasteiger partial charge < -0.3 is 0 Å². The van der Waals surface area contributed by atoms with Gasteiger partial charge in [0.2, 0.25) is 0 Å². The first kappa shape index (κ1) is 23.4. The van der Waals surface area contributed by atoms with Crippen molar-refractivity contribution >= 4 is 35.1 Å². The summed E-state index contributed by atoms with van der Waals surface area (Å²) in [6.07, 6.45) is 10.9. The molecule has 0 aliphatic carbocycles.